The quantitative estimate of drug-likeness (QED) is 0.249. The van der Waals surface area contributed by atoms with Crippen LogP contribution in [0.25, 0.3) is 0 Å². The lowest BCUT2D eigenvalue weighted by Gasteiger charge is -2.42. The fourth-order valence-electron chi connectivity index (χ4n) is 5.26. The maximum atomic E-state index is 13.8. The number of ether oxygens (including phenoxy) is 2. The Balaban J connectivity index is 1.79. The van der Waals surface area contributed by atoms with E-state index < -0.39 is 28.7 Å². The highest BCUT2D eigenvalue weighted by atomic mass is 16.6. The van der Waals surface area contributed by atoms with Gasteiger partial charge in [0, 0.05) is 24.3 Å². The molecule has 3 N–H and O–H groups in total. The molecule has 0 radical (unpaired) electrons. The summed E-state index contributed by atoms with van der Waals surface area (Å²) < 4.78 is 10.8. The van der Waals surface area contributed by atoms with E-state index in [0.717, 1.165) is 11.1 Å². The predicted octanol–water partition coefficient (Wildman–Crippen LogP) is 4.30. The van der Waals surface area contributed by atoms with Gasteiger partial charge in [0.25, 0.3) is 0 Å². The molecular formula is C29H38N2O6. The molecular weight excluding hydrogens is 472 g/mol. The van der Waals surface area contributed by atoms with Crippen LogP contribution in [0.2, 0.25) is 0 Å². The smallest absolute Gasteiger partial charge is 0.195 e. The molecule has 2 aromatic rings. The molecule has 4 rings (SSSR count). The number of benzene rings is 2. The Morgan fingerprint density at radius 1 is 0.946 bits per heavy atom. The SMILES string of the molecule is C=CCOc1ccc(C(C)(C)c2ccc(OCC=C)c([N+]3([O-])CCCC3O)c2)cc1N1C(O)CCC1O. The maximum Gasteiger partial charge on any atom is 0.195 e. The molecule has 2 fully saturated rings. The molecule has 8 nitrogen and oxygen atoms in total. The van der Waals surface area contributed by atoms with E-state index in [2.05, 4.69) is 13.2 Å². The summed E-state index contributed by atoms with van der Waals surface area (Å²) in [5, 5.41) is 45.5. The summed E-state index contributed by atoms with van der Waals surface area (Å²) in [4.78, 5) is 1.58. The van der Waals surface area contributed by atoms with Gasteiger partial charge in [-0.25, -0.2) is 0 Å². The molecule has 0 aromatic heterocycles. The van der Waals surface area contributed by atoms with Crippen molar-refractivity contribution < 1.29 is 24.8 Å². The number of quaternary nitrogens is 1. The predicted molar refractivity (Wildman–Crippen MR) is 145 cm³/mol. The number of hydrogen-bond donors (Lipinski definition) is 3. The molecule has 2 aromatic carbocycles. The summed E-state index contributed by atoms with van der Waals surface area (Å²) in [6, 6.07) is 11.3. The number of hydroxylamine groups is 2. The molecule has 0 aliphatic carbocycles. The van der Waals surface area contributed by atoms with Crippen molar-refractivity contribution in [1.82, 2.24) is 4.65 Å². The lowest BCUT2D eigenvalue weighted by Crippen LogP contribution is -2.47. The first-order valence-corrected chi connectivity index (χ1v) is 12.8. The molecule has 0 saturated carbocycles. The molecule has 2 heterocycles. The van der Waals surface area contributed by atoms with Crippen LogP contribution in [0.3, 0.4) is 0 Å². The summed E-state index contributed by atoms with van der Waals surface area (Å²) in [6.45, 7) is 12.3. The minimum Gasteiger partial charge on any atom is -0.625 e. The number of aliphatic hydroxyl groups excluding tert-OH is 3. The zero-order valence-electron chi connectivity index (χ0n) is 21.7. The standard InChI is InChI=1S/C29H38N2O6/c1-5-16-36-24-11-9-20(18-22(24)30-26(32)13-14-27(30)33)29(3,4)21-10-12-25(37-17-6-2)23(19-21)31(35)15-7-8-28(31)34/h5-6,9-12,18-19,26-28,32-34H,1-2,7-8,13-17H2,3-4H3. The van der Waals surface area contributed by atoms with Crippen LogP contribution >= 0.6 is 0 Å². The Hall–Kier alpha value is -2.88. The van der Waals surface area contributed by atoms with Crippen molar-refractivity contribution in [3.05, 3.63) is 78.0 Å². The monoisotopic (exact) mass is 510 g/mol. The fourth-order valence-corrected chi connectivity index (χ4v) is 5.26. The van der Waals surface area contributed by atoms with Crippen LogP contribution in [0.1, 0.15) is 50.7 Å². The van der Waals surface area contributed by atoms with Crippen molar-refractivity contribution in [3.8, 4) is 11.5 Å². The first-order chi connectivity index (χ1) is 17.6. The van der Waals surface area contributed by atoms with E-state index >= 15 is 0 Å². The zero-order valence-corrected chi connectivity index (χ0v) is 21.7. The highest BCUT2D eigenvalue weighted by Gasteiger charge is 2.39. The van der Waals surface area contributed by atoms with Gasteiger partial charge in [0.1, 0.15) is 31.4 Å². The second-order valence-corrected chi connectivity index (χ2v) is 10.3. The van der Waals surface area contributed by atoms with Gasteiger partial charge in [0.2, 0.25) is 0 Å². The van der Waals surface area contributed by atoms with Crippen LogP contribution in [-0.4, -0.2) is 53.8 Å². The Bertz CT molecular complexity index is 1130. The summed E-state index contributed by atoms with van der Waals surface area (Å²) in [6.07, 6.45) is 2.55. The van der Waals surface area contributed by atoms with E-state index in [9.17, 15) is 20.5 Å². The number of hydrogen-bond acceptors (Lipinski definition) is 7. The Labute approximate surface area is 218 Å². The van der Waals surface area contributed by atoms with Gasteiger partial charge < -0.3 is 39.5 Å². The summed E-state index contributed by atoms with van der Waals surface area (Å²) in [5.41, 5.74) is 2.20. The van der Waals surface area contributed by atoms with Crippen molar-refractivity contribution in [2.75, 3.05) is 24.7 Å². The van der Waals surface area contributed by atoms with Crippen molar-refractivity contribution in [2.24, 2.45) is 0 Å². The lowest BCUT2D eigenvalue weighted by molar-refractivity contribution is 0.0733. The van der Waals surface area contributed by atoms with Gasteiger partial charge in [-0.2, -0.15) is 0 Å². The van der Waals surface area contributed by atoms with Gasteiger partial charge in [-0.3, -0.25) is 0 Å². The molecule has 0 amide bonds. The van der Waals surface area contributed by atoms with E-state index in [-0.39, 0.29) is 19.8 Å². The minimum atomic E-state index is -1.05. The molecule has 0 spiro atoms. The maximum absolute atomic E-state index is 13.8. The molecule has 4 unspecified atom stereocenters. The zero-order chi connectivity index (χ0) is 26.8. The largest absolute Gasteiger partial charge is 0.625 e. The number of aliphatic hydroxyl groups is 3. The Morgan fingerprint density at radius 2 is 1.51 bits per heavy atom. The van der Waals surface area contributed by atoms with Crippen LogP contribution in [0.4, 0.5) is 11.4 Å². The molecule has 0 bridgehead atoms. The van der Waals surface area contributed by atoms with Crippen LogP contribution in [-0.2, 0) is 5.41 Å². The van der Waals surface area contributed by atoms with Gasteiger partial charge >= 0.3 is 0 Å². The lowest BCUT2D eigenvalue weighted by atomic mass is 9.77. The second-order valence-electron chi connectivity index (χ2n) is 10.3. The summed E-state index contributed by atoms with van der Waals surface area (Å²) >= 11 is 0. The number of rotatable bonds is 10. The highest BCUT2D eigenvalue weighted by molar-refractivity contribution is 5.65. The highest BCUT2D eigenvalue weighted by Crippen LogP contribution is 2.45. The third-order valence-electron chi connectivity index (χ3n) is 7.52. The van der Waals surface area contributed by atoms with Crippen LogP contribution in [0, 0.1) is 5.21 Å². The second kappa shape index (κ2) is 10.8. The van der Waals surface area contributed by atoms with Gasteiger partial charge in [-0.1, -0.05) is 51.3 Å². The molecule has 200 valence electrons. The third kappa shape index (κ3) is 5.12. The van der Waals surface area contributed by atoms with E-state index in [0.29, 0.717) is 48.6 Å². The first kappa shape index (κ1) is 27.2. The van der Waals surface area contributed by atoms with E-state index in [1.54, 1.807) is 23.1 Å². The van der Waals surface area contributed by atoms with E-state index in [1.165, 1.54) is 0 Å². The molecule has 2 aliphatic rings. The topological polar surface area (TPSA) is 105 Å². The van der Waals surface area contributed by atoms with Gasteiger partial charge in [-0.15, -0.1) is 0 Å². The molecule has 37 heavy (non-hydrogen) atoms. The van der Waals surface area contributed by atoms with Crippen molar-refractivity contribution in [3.63, 3.8) is 0 Å². The summed E-state index contributed by atoms with van der Waals surface area (Å²) in [7, 11) is 0. The first-order valence-electron chi connectivity index (χ1n) is 12.8. The Morgan fingerprint density at radius 3 is 2.08 bits per heavy atom. The van der Waals surface area contributed by atoms with Crippen molar-refractivity contribution in [2.45, 2.75) is 63.6 Å². The number of anilines is 1. The molecule has 4 atom stereocenters. The summed E-state index contributed by atoms with van der Waals surface area (Å²) in [5.74, 6) is 0.977. The minimum absolute atomic E-state index is 0.252. The molecule has 2 saturated heterocycles. The van der Waals surface area contributed by atoms with Crippen LogP contribution in [0.5, 0.6) is 11.5 Å². The van der Waals surface area contributed by atoms with Crippen molar-refractivity contribution >= 4 is 11.4 Å². The van der Waals surface area contributed by atoms with Crippen molar-refractivity contribution in [1.29, 1.82) is 0 Å². The average molecular weight is 511 g/mol. The normalized spacial score (nSPS) is 25.8. The van der Waals surface area contributed by atoms with Crippen LogP contribution in [0.15, 0.2) is 61.7 Å². The molecule has 8 heteroatoms. The molecule has 2 aliphatic heterocycles. The van der Waals surface area contributed by atoms with Gasteiger partial charge in [-0.05, 0) is 42.2 Å². The van der Waals surface area contributed by atoms with Gasteiger partial charge in [0.15, 0.2) is 17.7 Å². The van der Waals surface area contributed by atoms with Gasteiger partial charge in [0.05, 0.1) is 12.2 Å². The third-order valence-corrected chi connectivity index (χ3v) is 7.52. The average Bonchev–Trinajstić information content (AvgIpc) is 3.41. The van der Waals surface area contributed by atoms with E-state index in [1.807, 2.05) is 44.2 Å². The van der Waals surface area contributed by atoms with E-state index in [4.69, 9.17) is 9.47 Å². The Kier molecular flexibility index (Phi) is 7.96. The van der Waals surface area contributed by atoms with Crippen LogP contribution < -0.4 is 19.0 Å². The number of nitrogens with zero attached hydrogens (tertiary/aromatic N) is 2. The fraction of sp³-hybridized carbons (Fsp3) is 0.448.